The highest BCUT2D eigenvalue weighted by molar-refractivity contribution is 9.10. The Morgan fingerprint density at radius 1 is 1.18 bits per heavy atom. The zero-order chi connectivity index (χ0) is 16.1. The van der Waals surface area contributed by atoms with Crippen LogP contribution in [-0.4, -0.2) is 36.0 Å². The van der Waals surface area contributed by atoms with Crippen LogP contribution < -0.4 is 10.6 Å². The fourth-order valence-electron chi connectivity index (χ4n) is 2.12. The highest BCUT2D eigenvalue weighted by Gasteiger charge is 2.48. The summed E-state index contributed by atoms with van der Waals surface area (Å²) in [5.74, 6) is -2.22. The Balaban J connectivity index is 1.61. The van der Waals surface area contributed by atoms with Crippen molar-refractivity contribution in [3.05, 3.63) is 34.3 Å². The summed E-state index contributed by atoms with van der Waals surface area (Å²) in [6.07, 6.45) is 1.01. The SMILES string of the molecule is O=C(NCCCNC(=O)C1CC1C(=O)O)c1cccc(Br)c1. The number of carboxylic acid groups (broad SMARTS) is 1. The van der Waals surface area contributed by atoms with Gasteiger partial charge >= 0.3 is 5.97 Å². The Morgan fingerprint density at radius 3 is 2.55 bits per heavy atom. The average molecular weight is 369 g/mol. The summed E-state index contributed by atoms with van der Waals surface area (Å²) in [5, 5.41) is 14.2. The Labute approximate surface area is 136 Å². The Morgan fingerprint density at radius 2 is 1.91 bits per heavy atom. The molecule has 3 N–H and O–H groups in total. The lowest BCUT2D eigenvalue weighted by molar-refractivity contribution is -0.140. The second-order valence-corrected chi connectivity index (χ2v) is 6.11. The molecule has 1 saturated carbocycles. The molecule has 0 aromatic heterocycles. The van der Waals surface area contributed by atoms with E-state index in [0.29, 0.717) is 31.5 Å². The molecule has 22 heavy (non-hydrogen) atoms. The second-order valence-electron chi connectivity index (χ2n) is 5.20. The number of aliphatic carboxylic acids is 1. The van der Waals surface area contributed by atoms with Crippen LogP contribution in [0.5, 0.6) is 0 Å². The maximum atomic E-state index is 11.8. The number of amides is 2. The number of carbonyl (C=O) groups is 3. The molecule has 7 heteroatoms. The van der Waals surface area contributed by atoms with E-state index in [0.717, 1.165) is 4.47 Å². The Bertz CT molecular complexity index is 591. The number of nitrogens with one attached hydrogen (secondary N) is 2. The van der Waals surface area contributed by atoms with E-state index >= 15 is 0 Å². The molecule has 0 spiro atoms. The van der Waals surface area contributed by atoms with Crippen molar-refractivity contribution in [2.24, 2.45) is 11.8 Å². The van der Waals surface area contributed by atoms with Crippen LogP contribution >= 0.6 is 15.9 Å². The number of rotatable bonds is 7. The lowest BCUT2D eigenvalue weighted by Crippen LogP contribution is -2.31. The van der Waals surface area contributed by atoms with Crippen molar-refractivity contribution in [2.75, 3.05) is 13.1 Å². The highest BCUT2D eigenvalue weighted by atomic mass is 79.9. The molecular weight excluding hydrogens is 352 g/mol. The molecule has 1 aliphatic carbocycles. The standard InChI is InChI=1S/C15H17BrN2O4/c16-10-4-1-3-9(7-10)13(19)17-5-2-6-18-14(20)11-8-12(11)15(21)22/h1,3-4,7,11-12H,2,5-6,8H2,(H,17,19)(H,18,20)(H,21,22). The number of hydrogen-bond acceptors (Lipinski definition) is 3. The monoisotopic (exact) mass is 368 g/mol. The number of hydrogen-bond donors (Lipinski definition) is 3. The van der Waals surface area contributed by atoms with Crippen LogP contribution in [0.1, 0.15) is 23.2 Å². The summed E-state index contributed by atoms with van der Waals surface area (Å²) in [6.45, 7) is 0.860. The lowest BCUT2D eigenvalue weighted by atomic mass is 10.2. The van der Waals surface area contributed by atoms with Crippen LogP contribution in [0, 0.1) is 11.8 Å². The van der Waals surface area contributed by atoms with Crippen LogP contribution in [0.2, 0.25) is 0 Å². The number of benzene rings is 1. The molecule has 0 heterocycles. The molecule has 1 aromatic carbocycles. The molecule has 2 rings (SSSR count). The van der Waals surface area contributed by atoms with Gasteiger partial charge in [-0.1, -0.05) is 22.0 Å². The van der Waals surface area contributed by atoms with Crippen molar-refractivity contribution in [3.63, 3.8) is 0 Å². The largest absolute Gasteiger partial charge is 0.481 e. The van der Waals surface area contributed by atoms with E-state index in [1.165, 1.54) is 0 Å². The molecule has 118 valence electrons. The quantitative estimate of drug-likeness (QED) is 0.634. The first-order chi connectivity index (χ1) is 10.5. The highest BCUT2D eigenvalue weighted by Crippen LogP contribution is 2.38. The van der Waals surface area contributed by atoms with Crippen LogP contribution in [-0.2, 0) is 9.59 Å². The average Bonchev–Trinajstić information content (AvgIpc) is 3.27. The third-order valence-corrected chi connectivity index (χ3v) is 3.96. The summed E-state index contributed by atoms with van der Waals surface area (Å²) >= 11 is 3.30. The molecule has 0 radical (unpaired) electrons. The van der Waals surface area contributed by atoms with E-state index in [1.54, 1.807) is 18.2 Å². The van der Waals surface area contributed by atoms with Crippen molar-refractivity contribution in [3.8, 4) is 0 Å². The zero-order valence-electron chi connectivity index (χ0n) is 11.8. The predicted molar refractivity (Wildman–Crippen MR) is 83.3 cm³/mol. The minimum atomic E-state index is -0.915. The first-order valence-corrected chi connectivity index (χ1v) is 7.82. The minimum Gasteiger partial charge on any atom is -0.481 e. The van der Waals surface area contributed by atoms with Gasteiger partial charge in [0.2, 0.25) is 5.91 Å². The van der Waals surface area contributed by atoms with Crippen molar-refractivity contribution >= 4 is 33.7 Å². The van der Waals surface area contributed by atoms with Gasteiger partial charge in [0.25, 0.3) is 5.91 Å². The molecule has 0 aliphatic heterocycles. The molecule has 0 bridgehead atoms. The molecule has 1 aromatic rings. The van der Waals surface area contributed by atoms with Crippen molar-refractivity contribution < 1.29 is 19.5 Å². The summed E-state index contributed by atoms with van der Waals surface area (Å²) in [4.78, 5) is 34.1. The molecule has 1 aliphatic rings. The molecular formula is C15H17BrN2O4. The Kier molecular flexibility index (Phi) is 5.54. The summed E-state index contributed by atoms with van der Waals surface area (Å²) < 4.78 is 0.838. The molecule has 6 nitrogen and oxygen atoms in total. The molecule has 2 unspecified atom stereocenters. The normalized spacial score (nSPS) is 19.3. The third kappa shape index (κ3) is 4.56. The van der Waals surface area contributed by atoms with Crippen LogP contribution in [0.15, 0.2) is 28.7 Å². The number of halogens is 1. The lowest BCUT2D eigenvalue weighted by Gasteiger charge is -2.07. The van der Waals surface area contributed by atoms with Crippen molar-refractivity contribution in [2.45, 2.75) is 12.8 Å². The maximum absolute atomic E-state index is 11.8. The topological polar surface area (TPSA) is 95.5 Å². The molecule has 0 saturated heterocycles. The fraction of sp³-hybridized carbons (Fsp3) is 0.400. The van der Waals surface area contributed by atoms with Gasteiger partial charge in [-0.15, -0.1) is 0 Å². The summed E-state index contributed by atoms with van der Waals surface area (Å²) in [7, 11) is 0. The summed E-state index contributed by atoms with van der Waals surface area (Å²) in [5.41, 5.74) is 0.570. The number of carbonyl (C=O) groups excluding carboxylic acids is 2. The van der Waals surface area contributed by atoms with Gasteiger partial charge < -0.3 is 15.7 Å². The van der Waals surface area contributed by atoms with Crippen LogP contribution in [0.4, 0.5) is 0 Å². The smallest absolute Gasteiger partial charge is 0.307 e. The number of carboxylic acids is 1. The minimum absolute atomic E-state index is 0.166. The fourth-order valence-corrected chi connectivity index (χ4v) is 2.52. The van der Waals surface area contributed by atoms with Crippen molar-refractivity contribution in [1.82, 2.24) is 10.6 Å². The van der Waals surface area contributed by atoms with Crippen LogP contribution in [0.3, 0.4) is 0 Å². The first-order valence-electron chi connectivity index (χ1n) is 7.03. The molecule has 2 atom stereocenters. The zero-order valence-corrected chi connectivity index (χ0v) is 13.4. The van der Waals surface area contributed by atoms with E-state index in [4.69, 9.17) is 5.11 Å². The van der Waals surface area contributed by atoms with Gasteiger partial charge in [0.05, 0.1) is 11.8 Å². The second kappa shape index (κ2) is 7.40. The van der Waals surface area contributed by atoms with Gasteiger partial charge in [0.1, 0.15) is 0 Å². The molecule has 2 amide bonds. The van der Waals surface area contributed by atoms with E-state index in [2.05, 4.69) is 26.6 Å². The summed E-state index contributed by atoms with van der Waals surface area (Å²) in [6, 6.07) is 7.08. The van der Waals surface area contributed by atoms with E-state index in [-0.39, 0.29) is 11.8 Å². The van der Waals surface area contributed by atoms with Gasteiger partial charge in [-0.25, -0.2) is 0 Å². The van der Waals surface area contributed by atoms with E-state index in [1.807, 2.05) is 6.07 Å². The third-order valence-electron chi connectivity index (χ3n) is 3.47. The van der Waals surface area contributed by atoms with Gasteiger partial charge in [0, 0.05) is 23.1 Å². The van der Waals surface area contributed by atoms with E-state index < -0.39 is 17.8 Å². The van der Waals surface area contributed by atoms with Gasteiger partial charge in [-0.3, -0.25) is 14.4 Å². The Hall–Kier alpha value is -1.89. The molecule has 1 fully saturated rings. The van der Waals surface area contributed by atoms with Gasteiger partial charge in [0.15, 0.2) is 0 Å². The predicted octanol–water partition coefficient (Wildman–Crippen LogP) is 1.41. The maximum Gasteiger partial charge on any atom is 0.307 e. The first kappa shape index (κ1) is 16.5. The van der Waals surface area contributed by atoms with Crippen molar-refractivity contribution in [1.29, 1.82) is 0 Å². The van der Waals surface area contributed by atoms with E-state index in [9.17, 15) is 14.4 Å². The van der Waals surface area contributed by atoms with Gasteiger partial charge in [-0.2, -0.15) is 0 Å². The van der Waals surface area contributed by atoms with Crippen LogP contribution in [0.25, 0.3) is 0 Å². The van der Waals surface area contributed by atoms with Gasteiger partial charge in [-0.05, 0) is 31.0 Å².